The van der Waals surface area contributed by atoms with E-state index in [9.17, 15) is 0 Å². The number of benzene rings is 2. The molecule has 3 heteroatoms. The Kier molecular flexibility index (Phi) is 2.81. The van der Waals surface area contributed by atoms with Crippen LogP contribution in [-0.4, -0.2) is 12.8 Å². The molecule has 0 aliphatic carbocycles. The number of nitrogens with zero attached hydrogens (tertiary/aromatic N) is 1. The van der Waals surface area contributed by atoms with Gasteiger partial charge in [-0.15, -0.1) is 0 Å². The Bertz CT molecular complexity index is 707. The van der Waals surface area contributed by atoms with Crippen molar-refractivity contribution in [3.63, 3.8) is 0 Å². The lowest BCUT2D eigenvalue weighted by atomic mass is 9.94. The minimum Gasteiger partial charge on any atom is -0.256 e. The van der Waals surface area contributed by atoms with E-state index in [4.69, 9.17) is 11.6 Å². The highest BCUT2D eigenvalue weighted by Gasteiger charge is 2.07. The predicted octanol–water partition coefficient (Wildman–Crippen LogP) is 2.81. The van der Waals surface area contributed by atoms with Gasteiger partial charge in [0.25, 0.3) is 0 Å². The molecule has 0 fully saturated rings. The van der Waals surface area contributed by atoms with Gasteiger partial charge in [0.1, 0.15) is 7.85 Å². The highest BCUT2D eigenvalue weighted by molar-refractivity contribution is 6.38. The summed E-state index contributed by atoms with van der Waals surface area (Å²) < 4.78 is 0. The first-order valence-corrected chi connectivity index (χ1v) is 6.24. The van der Waals surface area contributed by atoms with Gasteiger partial charge in [0, 0.05) is 17.1 Å². The van der Waals surface area contributed by atoms with E-state index in [0.717, 1.165) is 27.1 Å². The van der Waals surface area contributed by atoms with Crippen molar-refractivity contribution < 1.29 is 0 Å². The van der Waals surface area contributed by atoms with Crippen molar-refractivity contribution in [2.24, 2.45) is 0 Å². The van der Waals surface area contributed by atoms with Crippen LogP contribution in [0.5, 0.6) is 0 Å². The van der Waals surface area contributed by atoms with Crippen molar-refractivity contribution in [1.29, 1.82) is 0 Å². The van der Waals surface area contributed by atoms with E-state index < -0.39 is 0 Å². The average molecular weight is 252 g/mol. The van der Waals surface area contributed by atoms with Gasteiger partial charge in [0.05, 0.1) is 10.5 Å². The SMILES string of the molecule is Bc1ccc(-c2cnc3ccccc3c2Cl)cc1. The summed E-state index contributed by atoms with van der Waals surface area (Å²) in [6.45, 7) is 0. The van der Waals surface area contributed by atoms with Gasteiger partial charge in [-0.1, -0.05) is 59.5 Å². The molecule has 0 radical (unpaired) electrons. The Hall–Kier alpha value is -1.80. The first-order valence-electron chi connectivity index (χ1n) is 5.86. The standard InChI is InChI=1S/C15H11BClN/c16-11-7-5-10(6-8-11)13-9-18-14-4-2-1-3-12(14)15(13)17/h1-9H,16H2. The van der Waals surface area contributed by atoms with Crippen LogP contribution < -0.4 is 5.46 Å². The molecular formula is C15H11BClN. The lowest BCUT2D eigenvalue weighted by Gasteiger charge is -2.07. The fraction of sp³-hybridized carbons (Fsp3) is 0. The summed E-state index contributed by atoms with van der Waals surface area (Å²) in [7, 11) is 2.07. The minimum absolute atomic E-state index is 0.768. The molecule has 1 aromatic heterocycles. The summed E-state index contributed by atoms with van der Waals surface area (Å²) in [5, 5.41) is 1.77. The summed E-state index contributed by atoms with van der Waals surface area (Å²) in [5.74, 6) is 0. The molecule has 3 aromatic rings. The second kappa shape index (κ2) is 4.47. The zero-order valence-corrected chi connectivity index (χ0v) is 10.8. The summed E-state index contributed by atoms with van der Waals surface area (Å²) in [5.41, 5.74) is 4.25. The fourth-order valence-electron chi connectivity index (χ4n) is 2.04. The third-order valence-corrected chi connectivity index (χ3v) is 3.48. The molecule has 86 valence electrons. The number of hydrogen-bond donors (Lipinski definition) is 0. The number of hydrogen-bond acceptors (Lipinski definition) is 1. The van der Waals surface area contributed by atoms with Crippen molar-refractivity contribution in [1.82, 2.24) is 4.98 Å². The molecule has 0 saturated heterocycles. The van der Waals surface area contributed by atoms with E-state index in [2.05, 4.69) is 37.1 Å². The van der Waals surface area contributed by atoms with Crippen molar-refractivity contribution in [3.8, 4) is 11.1 Å². The van der Waals surface area contributed by atoms with Crippen molar-refractivity contribution in [2.45, 2.75) is 0 Å². The van der Waals surface area contributed by atoms with Crippen LogP contribution in [0.2, 0.25) is 5.02 Å². The molecule has 0 N–H and O–H groups in total. The van der Waals surface area contributed by atoms with E-state index in [0.29, 0.717) is 0 Å². The van der Waals surface area contributed by atoms with Gasteiger partial charge in [0.15, 0.2) is 0 Å². The molecule has 0 aliphatic rings. The quantitative estimate of drug-likeness (QED) is 0.606. The third-order valence-electron chi connectivity index (χ3n) is 3.07. The van der Waals surface area contributed by atoms with Gasteiger partial charge in [-0.25, -0.2) is 0 Å². The van der Waals surface area contributed by atoms with Crippen LogP contribution >= 0.6 is 11.6 Å². The zero-order chi connectivity index (χ0) is 12.5. The lowest BCUT2D eigenvalue weighted by Crippen LogP contribution is -1.99. The summed E-state index contributed by atoms with van der Waals surface area (Å²) in [6, 6.07) is 16.2. The Balaban J connectivity index is 2.24. The van der Waals surface area contributed by atoms with Crippen LogP contribution in [0.3, 0.4) is 0 Å². The third kappa shape index (κ3) is 1.89. The van der Waals surface area contributed by atoms with Crippen molar-refractivity contribution in [3.05, 3.63) is 59.8 Å². The summed E-state index contributed by atoms with van der Waals surface area (Å²) >= 11 is 6.48. The maximum absolute atomic E-state index is 6.48. The Morgan fingerprint density at radius 1 is 0.944 bits per heavy atom. The molecule has 0 aliphatic heterocycles. The fourth-order valence-corrected chi connectivity index (χ4v) is 2.36. The molecule has 0 unspecified atom stereocenters. The largest absolute Gasteiger partial charge is 0.256 e. The van der Waals surface area contributed by atoms with E-state index in [1.807, 2.05) is 30.5 Å². The zero-order valence-electron chi connectivity index (χ0n) is 10.0. The first kappa shape index (κ1) is 11.3. The molecule has 0 amide bonds. The molecule has 3 rings (SSSR count). The molecule has 0 bridgehead atoms. The molecular weight excluding hydrogens is 240 g/mol. The van der Waals surface area contributed by atoms with E-state index in [1.165, 1.54) is 5.46 Å². The Labute approximate surface area is 112 Å². The highest BCUT2D eigenvalue weighted by Crippen LogP contribution is 2.32. The molecule has 18 heavy (non-hydrogen) atoms. The van der Waals surface area contributed by atoms with Crippen LogP contribution in [0.4, 0.5) is 0 Å². The summed E-state index contributed by atoms with van der Waals surface area (Å²) in [4.78, 5) is 4.46. The van der Waals surface area contributed by atoms with Crippen LogP contribution in [0.1, 0.15) is 0 Å². The van der Waals surface area contributed by atoms with E-state index in [-0.39, 0.29) is 0 Å². The molecule has 0 atom stereocenters. The Morgan fingerprint density at radius 2 is 1.67 bits per heavy atom. The monoisotopic (exact) mass is 251 g/mol. The van der Waals surface area contributed by atoms with Crippen LogP contribution in [0, 0.1) is 0 Å². The van der Waals surface area contributed by atoms with Crippen molar-refractivity contribution >= 4 is 35.8 Å². The number of para-hydroxylation sites is 1. The van der Waals surface area contributed by atoms with Gasteiger partial charge < -0.3 is 0 Å². The first-order chi connectivity index (χ1) is 8.75. The van der Waals surface area contributed by atoms with Crippen LogP contribution in [0.25, 0.3) is 22.0 Å². The Morgan fingerprint density at radius 3 is 2.44 bits per heavy atom. The maximum atomic E-state index is 6.48. The topological polar surface area (TPSA) is 12.9 Å². The van der Waals surface area contributed by atoms with Gasteiger partial charge in [0.2, 0.25) is 0 Å². The van der Waals surface area contributed by atoms with Gasteiger partial charge >= 0.3 is 0 Å². The highest BCUT2D eigenvalue weighted by atomic mass is 35.5. The normalized spacial score (nSPS) is 10.7. The maximum Gasteiger partial charge on any atom is 0.139 e. The van der Waals surface area contributed by atoms with Crippen molar-refractivity contribution in [2.75, 3.05) is 0 Å². The predicted molar refractivity (Wildman–Crippen MR) is 80.4 cm³/mol. The number of fused-ring (bicyclic) bond motifs is 1. The molecule has 0 spiro atoms. The van der Waals surface area contributed by atoms with E-state index in [1.54, 1.807) is 0 Å². The number of pyridine rings is 1. The minimum atomic E-state index is 0.768. The second-order valence-electron chi connectivity index (χ2n) is 4.37. The molecule has 1 heterocycles. The molecule has 0 saturated carbocycles. The average Bonchev–Trinajstić information content (AvgIpc) is 2.41. The molecule has 2 aromatic carbocycles. The van der Waals surface area contributed by atoms with Gasteiger partial charge in [-0.2, -0.15) is 0 Å². The summed E-state index contributed by atoms with van der Waals surface area (Å²) in [6.07, 6.45) is 1.84. The van der Waals surface area contributed by atoms with Gasteiger partial charge in [-0.05, 0) is 11.6 Å². The van der Waals surface area contributed by atoms with Gasteiger partial charge in [-0.3, -0.25) is 4.98 Å². The van der Waals surface area contributed by atoms with E-state index >= 15 is 0 Å². The number of halogens is 1. The van der Waals surface area contributed by atoms with Crippen LogP contribution in [-0.2, 0) is 0 Å². The van der Waals surface area contributed by atoms with Crippen LogP contribution in [0.15, 0.2) is 54.7 Å². The number of rotatable bonds is 1. The molecule has 1 nitrogen and oxygen atoms in total. The number of aromatic nitrogens is 1. The lowest BCUT2D eigenvalue weighted by molar-refractivity contribution is 1.41. The smallest absolute Gasteiger partial charge is 0.139 e. The second-order valence-corrected chi connectivity index (χ2v) is 4.75.